The molecule has 0 aromatic heterocycles. The average Bonchev–Trinajstić information content (AvgIpc) is 1.94. The van der Waals surface area contributed by atoms with E-state index in [9.17, 15) is 9.59 Å². The third-order valence-corrected chi connectivity index (χ3v) is 2.12. The summed E-state index contributed by atoms with van der Waals surface area (Å²) in [7, 11) is 5.47. The highest BCUT2D eigenvalue weighted by Crippen LogP contribution is 2.11. The van der Waals surface area contributed by atoms with Crippen LogP contribution in [0.2, 0.25) is 0 Å². The first-order chi connectivity index (χ1) is 6.25. The number of primary amides is 1. The Bertz CT molecular complexity index is 221. The summed E-state index contributed by atoms with van der Waals surface area (Å²) in [6.07, 6.45) is 1.26. The summed E-state index contributed by atoms with van der Waals surface area (Å²) in [5.74, 6) is -1.21. The van der Waals surface area contributed by atoms with Crippen molar-refractivity contribution >= 4 is 11.9 Å². The fourth-order valence-corrected chi connectivity index (χ4v) is 1.31. The number of hydrogen-bond acceptors (Lipinski definition) is 2. The van der Waals surface area contributed by atoms with Crippen LogP contribution in [0.1, 0.15) is 19.3 Å². The molecule has 0 bridgehead atoms. The second-order valence-corrected chi connectivity index (χ2v) is 4.33. The van der Waals surface area contributed by atoms with Crippen molar-refractivity contribution in [1.29, 1.82) is 0 Å². The number of carbonyl (C=O) groups is 2. The van der Waals surface area contributed by atoms with Crippen LogP contribution in [0.15, 0.2) is 0 Å². The second-order valence-electron chi connectivity index (χ2n) is 4.33. The number of nitrogens with zero attached hydrogens (tertiary/aromatic N) is 1. The van der Waals surface area contributed by atoms with E-state index in [-0.39, 0.29) is 12.3 Å². The SMILES string of the molecule is C[N+](C)(C)C(CCCC(N)=O)C(=O)O. The van der Waals surface area contributed by atoms with Crippen LogP contribution in [-0.4, -0.2) is 48.7 Å². The van der Waals surface area contributed by atoms with Crippen molar-refractivity contribution in [2.24, 2.45) is 5.73 Å². The van der Waals surface area contributed by atoms with Crippen molar-refractivity contribution in [2.45, 2.75) is 25.3 Å². The van der Waals surface area contributed by atoms with Gasteiger partial charge in [-0.2, -0.15) is 0 Å². The summed E-state index contributed by atoms with van der Waals surface area (Å²) in [5.41, 5.74) is 4.97. The fraction of sp³-hybridized carbons (Fsp3) is 0.778. The van der Waals surface area contributed by atoms with Crippen molar-refractivity contribution in [3.8, 4) is 0 Å². The molecule has 1 atom stereocenters. The zero-order valence-corrected chi connectivity index (χ0v) is 8.99. The van der Waals surface area contributed by atoms with E-state index in [4.69, 9.17) is 10.8 Å². The summed E-state index contributed by atoms with van der Waals surface area (Å²) < 4.78 is 0.355. The highest BCUT2D eigenvalue weighted by molar-refractivity contribution is 5.74. The lowest BCUT2D eigenvalue weighted by Crippen LogP contribution is -2.49. The molecule has 0 heterocycles. The molecule has 0 radical (unpaired) electrons. The van der Waals surface area contributed by atoms with E-state index >= 15 is 0 Å². The summed E-state index contributed by atoms with van der Waals surface area (Å²) in [6.45, 7) is 0. The van der Waals surface area contributed by atoms with Gasteiger partial charge in [-0.15, -0.1) is 0 Å². The zero-order valence-electron chi connectivity index (χ0n) is 8.99. The number of rotatable bonds is 6. The van der Waals surface area contributed by atoms with Crippen molar-refractivity contribution < 1.29 is 19.2 Å². The molecule has 0 aromatic carbocycles. The van der Waals surface area contributed by atoms with E-state index < -0.39 is 12.0 Å². The van der Waals surface area contributed by atoms with E-state index in [0.29, 0.717) is 17.3 Å². The average molecular weight is 203 g/mol. The van der Waals surface area contributed by atoms with Crippen molar-refractivity contribution in [3.63, 3.8) is 0 Å². The van der Waals surface area contributed by atoms with Gasteiger partial charge in [0.05, 0.1) is 21.1 Å². The van der Waals surface area contributed by atoms with Gasteiger partial charge in [0.15, 0.2) is 6.04 Å². The zero-order chi connectivity index (χ0) is 11.4. The minimum Gasteiger partial charge on any atom is -0.477 e. The van der Waals surface area contributed by atoms with Gasteiger partial charge in [-0.25, -0.2) is 4.79 Å². The Morgan fingerprint density at radius 1 is 1.36 bits per heavy atom. The van der Waals surface area contributed by atoms with Crippen molar-refractivity contribution in [3.05, 3.63) is 0 Å². The van der Waals surface area contributed by atoms with Crippen LogP contribution in [-0.2, 0) is 9.59 Å². The minimum absolute atomic E-state index is 0.254. The molecule has 3 N–H and O–H groups in total. The highest BCUT2D eigenvalue weighted by atomic mass is 16.4. The monoisotopic (exact) mass is 203 g/mol. The van der Waals surface area contributed by atoms with Crippen LogP contribution in [0.25, 0.3) is 0 Å². The molecule has 0 saturated carbocycles. The van der Waals surface area contributed by atoms with E-state index in [1.165, 1.54) is 0 Å². The number of quaternary nitrogens is 1. The Morgan fingerprint density at radius 2 is 1.86 bits per heavy atom. The van der Waals surface area contributed by atoms with Gasteiger partial charge in [-0.1, -0.05) is 0 Å². The molecule has 0 aliphatic carbocycles. The quantitative estimate of drug-likeness (QED) is 0.587. The van der Waals surface area contributed by atoms with Gasteiger partial charge in [0.2, 0.25) is 5.91 Å². The van der Waals surface area contributed by atoms with Crippen LogP contribution in [0.4, 0.5) is 0 Å². The second kappa shape index (κ2) is 4.95. The van der Waals surface area contributed by atoms with Gasteiger partial charge >= 0.3 is 5.97 Å². The van der Waals surface area contributed by atoms with Crippen LogP contribution < -0.4 is 5.73 Å². The Balaban J connectivity index is 4.13. The summed E-state index contributed by atoms with van der Waals surface area (Å²) in [6, 6.07) is -0.477. The van der Waals surface area contributed by atoms with Gasteiger partial charge in [-0.3, -0.25) is 4.79 Å². The molecule has 1 unspecified atom stereocenters. The first-order valence-electron chi connectivity index (χ1n) is 4.57. The molecular formula is C9H19N2O3+. The Labute approximate surface area is 84.1 Å². The van der Waals surface area contributed by atoms with Crippen LogP contribution in [0, 0.1) is 0 Å². The molecule has 5 nitrogen and oxygen atoms in total. The number of likely N-dealkylation sites (N-methyl/N-ethyl adjacent to an activating group) is 1. The maximum atomic E-state index is 10.9. The number of hydrogen-bond donors (Lipinski definition) is 2. The van der Waals surface area contributed by atoms with Gasteiger partial charge in [-0.05, 0) is 6.42 Å². The molecule has 0 rings (SSSR count). The maximum absolute atomic E-state index is 10.9. The summed E-state index contributed by atoms with van der Waals surface area (Å²) in [4.78, 5) is 21.4. The lowest BCUT2D eigenvalue weighted by Gasteiger charge is -2.30. The predicted molar refractivity (Wildman–Crippen MR) is 52.5 cm³/mol. The normalized spacial score (nSPS) is 13.6. The molecule has 1 amide bonds. The molecule has 14 heavy (non-hydrogen) atoms. The fourth-order valence-electron chi connectivity index (χ4n) is 1.31. The summed E-state index contributed by atoms with van der Waals surface area (Å²) in [5, 5.41) is 8.94. The van der Waals surface area contributed by atoms with Gasteiger partial charge < -0.3 is 15.3 Å². The van der Waals surface area contributed by atoms with Crippen LogP contribution in [0.5, 0.6) is 0 Å². The van der Waals surface area contributed by atoms with E-state index in [1.807, 2.05) is 21.1 Å². The van der Waals surface area contributed by atoms with Gasteiger partial charge in [0.25, 0.3) is 0 Å². The van der Waals surface area contributed by atoms with E-state index in [0.717, 1.165) is 0 Å². The number of amides is 1. The molecule has 0 fully saturated rings. The number of carboxylic acids is 1. The molecule has 0 aliphatic heterocycles. The smallest absolute Gasteiger partial charge is 0.362 e. The molecular weight excluding hydrogens is 184 g/mol. The van der Waals surface area contributed by atoms with Gasteiger partial charge in [0, 0.05) is 12.8 Å². The molecule has 0 saturated heterocycles. The largest absolute Gasteiger partial charge is 0.477 e. The lowest BCUT2D eigenvalue weighted by molar-refractivity contribution is -0.887. The van der Waals surface area contributed by atoms with E-state index in [2.05, 4.69) is 0 Å². The molecule has 5 heteroatoms. The number of carboxylic acid groups (broad SMARTS) is 1. The standard InChI is InChI=1S/C9H18N2O3/c1-11(2,3)7(9(13)14)5-4-6-8(10)12/h7H,4-6H2,1-3H3,(H2-,10,12,13,14)/p+1. The Kier molecular flexibility index (Phi) is 4.56. The van der Waals surface area contributed by atoms with Gasteiger partial charge in [0.1, 0.15) is 0 Å². The Morgan fingerprint density at radius 3 is 2.14 bits per heavy atom. The molecule has 0 spiro atoms. The first-order valence-corrected chi connectivity index (χ1v) is 4.57. The van der Waals surface area contributed by atoms with Crippen LogP contribution >= 0.6 is 0 Å². The number of carbonyl (C=O) groups excluding carboxylic acids is 1. The lowest BCUT2D eigenvalue weighted by atomic mass is 10.1. The molecule has 0 aliphatic rings. The topological polar surface area (TPSA) is 80.4 Å². The first kappa shape index (κ1) is 12.9. The van der Waals surface area contributed by atoms with E-state index in [1.54, 1.807) is 0 Å². The number of aliphatic carboxylic acids is 1. The highest BCUT2D eigenvalue weighted by Gasteiger charge is 2.30. The third kappa shape index (κ3) is 4.81. The van der Waals surface area contributed by atoms with Crippen molar-refractivity contribution in [1.82, 2.24) is 0 Å². The molecule has 0 aromatic rings. The molecule has 82 valence electrons. The minimum atomic E-state index is -0.832. The van der Waals surface area contributed by atoms with Crippen molar-refractivity contribution in [2.75, 3.05) is 21.1 Å². The Hall–Kier alpha value is -1.10. The number of nitrogens with two attached hydrogens (primary N) is 1. The third-order valence-electron chi connectivity index (χ3n) is 2.12. The maximum Gasteiger partial charge on any atom is 0.362 e. The van der Waals surface area contributed by atoms with Crippen LogP contribution in [0.3, 0.4) is 0 Å². The predicted octanol–water partition coefficient (Wildman–Crippen LogP) is -0.199. The summed E-state index contributed by atoms with van der Waals surface area (Å²) >= 11 is 0.